The topological polar surface area (TPSA) is 91.0 Å². The summed E-state index contributed by atoms with van der Waals surface area (Å²) in [5, 5.41) is 3.47. The van der Waals surface area contributed by atoms with Gasteiger partial charge in [0.15, 0.2) is 5.71 Å². The van der Waals surface area contributed by atoms with Crippen LogP contribution in [0.25, 0.3) is 0 Å². The minimum Gasteiger partial charge on any atom is -0.461 e. The number of ether oxygens (including phenoxy) is 1. The van der Waals surface area contributed by atoms with Crippen molar-refractivity contribution in [2.24, 2.45) is 10.9 Å². The lowest BCUT2D eigenvalue weighted by molar-refractivity contribution is -0.138. The van der Waals surface area contributed by atoms with Gasteiger partial charge in [0.25, 0.3) is 5.91 Å². The number of carbonyl (C=O) groups is 2. The zero-order valence-electron chi connectivity index (χ0n) is 8.07. The van der Waals surface area contributed by atoms with Crippen molar-refractivity contribution >= 4 is 17.6 Å². The van der Waals surface area contributed by atoms with Gasteiger partial charge in [-0.05, 0) is 13.8 Å². The largest absolute Gasteiger partial charge is 0.461 e. The first-order valence-corrected chi connectivity index (χ1v) is 4.21. The van der Waals surface area contributed by atoms with Crippen LogP contribution in [-0.2, 0) is 19.2 Å². The average Bonchev–Trinajstić information content (AvgIpc) is 2.50. The maximum absolute atomic E-state index is 11.2. The van der Waals surface area contributed by atoms with Gasteiger partial charge in [0.2, 0.25) is 5.60 Å². The lowest BCUT2D eigenvalue weighted by Crippen LogP contribution is -2.41. The standard InChI is InChI=1S/C8H12N2O4/c1-3-13-6(11)5-4-8(2,7(9)12)14-10-5/h3-4H2,1-2H3,(H2,9,12). The molecule has 14 heavy (non-hydrogen) atoms. The van der Waals surface area contributed by atoms with Gasteiger partial charge in [-0.15, -0.1) is 0 Å². The number of oxime groups is 1. The third kappa shape index (κ3) is 1.84. The van der Waals surface area contributed by atoms with Crippen LogP contribution >= 0.6 is 0 Å². The number of primary amides is 1. The third-order valence-corrected chi connectivity index (χ3v) is 1.89. The summed E-state index contributed by atoms with van der Waals surface area (Å²) in [6.07, 6.45) is 0.0567. The molecule has 6 heteroatoms. The van der Waals surface area contributed by atoms with Crippen LogP contribution in [-0.4, -0.2) is 29.8 Å². The zero-order chi connectivity index (χ0) is 10.8. The molecule has 2 N–H and O–H groups in total. The van der Waals surface area contributed by atoms with Crippen molar-refractivity contribution in [3.05, 3.63) is 0 Å². The molecule has 1 heterocycles. The molecule has 0 bridgehead atoms. The predicted octanol–water partition coefficient (Wildman–Crippen LogP) is -0.430. The number of hydrogen-bond donors (Lipinski definition) is 1. The Morgan fingerprint density at radius 1 is 1.71 bits per heavy atom. The van der Waals surface area contributed by atoms with E-state index < -0.39 is 17.5 Å². The van der Waals surface area contributed by atoms with E-state index in [0.717, 1.165) is 0 Å². The van der Waals surface area contributed by atoms with E-state index in [1.165, 1.54) is 6.92 Å². The lowest BCUT2D eigenvalue weighted by atomic mass is 9.99. The second-order valence-corrected chi connectivity index (χ2v) is 3.12. The van der Waals surface area contributed by atoms with Crippen molar-refractivity contribution in [2.75, 3.05) is 6.61 Å². The van der Waals surface area contributed by atoms with Gasteiger partial charge in [0.05, 0.1) is 13.0 Å². The molecule has 0 saturated heterocycles. The highest BCUT2D eigenvalue weighted by atomic mass is 16.7. The Morgan fingerprint density at radius 2 is 2.36 bits per heavy atom. The normalized spacial score (nSPS) is 25.1. The van der Waals surface area contributed by atoms with Crippen LogP contribution in [0.4, 0.5) is 0 Å². The number of amides is 1. The van der Waals surface area contributed by atoms with Crippen molar-refractivity contribution in [1.82, 2.24) is 0 Å². The number of esters is 1. The van der Waals surface area contributed by atoms with E-state index in [1.54, 1.807) is 6.92 Å². The quantitative estimate of drug-likeness (QED) is 0.626. The maximum Gasteiger partial charge on any atom is 0.356 e. The highest BCUT2D eigenvalue weighted by Gasteiger charge is 2.42. The Morgan fingerprint density at radius 3 is 2.79 bits per heavy atom. The van der Waals surface area contributed by atoms with Gasteiger partial charge in [0, 0.05) is 0 Å². The van der Waals surface area contributed by atoms with E-state index in [2.05, 4.69) is 5.16 Å². The molecule has 0 aliphatic carbocycles. The van der Waals surface area contributed by atoms with E-state index >= 15 is 0 Å². The third-order valence-electron chi connectivity index (χ3n) is 1.89. The maximum atomic E-state index is 11.2. The fourth-order valence-corrected chi connectivity index (χ4v) is 0.996. The molecule has 1 aliphatic heterocycles. The van der Waals surface area contributed by atoms with Gasteiger partial charge < -0.3 is 15.3 Å². The summed E-state index contributed by atoms with van der Waals surface area (Å²) in [7, 11) is 0. The Balaban J connectivity index is 2.64. The van der Waals surface area contributed by atoms with Gasteiger partial charge in [-0.1, -0.05) is 5.16 Å². The van der Waals surface area contributed by atoms with Crippen molar-refractivity contribution < 1.29 is 19.2 Å². The van der Waals surface area contributed by atoms with E-state index in [0.29, 0.717) is 0 Å². The molecule has 1 aliphatic rings. The monoisotopic (exact) mass is 200 g/mol. The number of carbonyl (C=O) groups excluding carboxylic acids is 2. The van der Waals surface area contributed by atoms with Crippen LogP contribution in [0.5, 0.6) is 0 Å². The smallest absolute Gasteiger partial charge is 0.356 e. The fraction of sp³-hybridized carbons (Fsp3) is 0.625. The summed E-state index contributed by atoms with van der Waals surface area (Å²) >= 11 is 0. The van der Waals surface area contributed by atoms with Crippen LogP contribution in [0.15, 0.2) is 5.16 Å². The fourth-order valence-electron chi connectivity index (χ4n) is 0.996. The summed E-state index contributed by atoms with van der Waals surface area (Å²) < 4.78 is 4.70. The van der Waals surface area contributed by atoms with Crippen LogP contribution in [0.1, 0.15) is 20.3 Å². The number of hydrogen-bond acceptors (Lipinski definition) is 5. The first-order chi connectivity index (χ1) is 6.49. The molecule has 0 spiro atoms. The van der Waals surface area contributed by atoms with Crippen LogP contribution in [0.2, 0.25) is 0 Å². The zero-order valence-corrected chi connectivity index (χ0v) is 8.07. The Bertz CT molecular complexity index is 300. The van der Waals surface area contributed by atoms with Gasteiger partial charge >= 0.3 is 5.97 Å². The van der Waals surface area contributed by atoms with Gasteiger partial charge in [-0.25, -0.2) is 4.79 Å². The molecular weight excluding hydrogens is 188 g/mol. The van der Waals surface area contributed by atoms with E-state index in [-0.39, 0.29) is 18.7 Å². The SMILES string of the molecule is CCOC(=O)C1=NOC(C)(C(N)=O)C1. The molecule has 0 aromatic carbocycles. The molecule has 1 atom stereocenters. The molecule has 0 saturated carbocycles. The minimum absolute atomic E-state index is 0.0567. The van der Waals surface area contributed by atoms with E-state index in [4.69, 9.17) is 15.3 Å². The highest BCUT2D eigenvalue weighted by molar-refractivity contribution is 6.37. The number of nitrogens with zero attached hydrogens (tertiary/aromatic N) is 1. The average molecular weight is 200 g/mol. The molecule has 0 aromatic heterocycles. The van der Waals surface area contributed by atoms with Gasteiger partial charge in [-0.2, -0.15) is 0 Å². The van der Waals surface area contributed by atoms with E-state index in [9.17, 15) is 9.59 Å². The summed E-state index contributed by atoms with van der Waals surface area (Å²) in [5.41, 5.74) is 3.95. The van der Waals surface area contributed by atoms with Crippen molar-refractivity contribution in [3.8, 4) is 0 Å². The Kier molecular flexibility index (Phi) is 2.73. The summed E-state index contributed by atoms with van der Waals surface area (Å²) in [6, 6.07) is 0. The van der Waals surface area contributed by atoms with Crippen LogP contribution in [0.3, 0.4) is 0 Å². The lowest BCUT2D eigenvalue weighted by Gasteiger charge is -2.15. The molecule has 0 fully saturated rings. The Hall–Kier alpha value is -1.59. The predicted molar refractivity (Wildman–Crippen MR) is 47.4 cm³/mol. The first kappa shape index (κ1) is 10.5. The second kappa shape index (κ2) is 3.65. The van der Waals surface area contributed by atoms with Crippen molar-refractivity contribution in [3.63, 3.8) is 0 Å². The van der Waals surface area contributed by atoms with Crippen molar-refractivity contribution in [1.29, 1.82) is 0 Å². The highest BCUT2D eigenvalue weighted by Crippen LogP contribution is 2.23. The molecule has 1 rings (SSSR count). The summed E-state index contributed by atoms with van der Waals surface area (Å²) in [6.45, 7) is 3.41. The summed E-state index contributed by atoms with van der Waals surface area (Å²) in [4.78, 5) is 26.9. The van der Waals surface area contributed by atoms with Gasteiger partial charge in [0.1, 0.15) is 0 Å². The van der Waals surface area contributed by atoms with Crippen LogP contribution < -0.4 is 5.73 Å². The molecule has 78 valence electrons. The summed E-state index contributed by atoms with van der Waals surface area (Å²) in [5.74, 6) is -1.22. The number of rotatable bonds is 3. The number of nitrogens with two attached hydrogens (primary N) is 1. The molecule has 0 radical (unpaired) electrons. The molecule has 6 nitrogen and oxygen atoms in total. The van der Waals surface area contributed by atoms with E-state index in [1.807, 2.05) is 0 Å². The van der Waals surface area contributed by atoms with Crippen LogP contribution in [0, 0.1) is 0 Å². The second-order valence-electron chi connectivity index (χ2n) is 3.12. The minimum atomic E-state index is -1.22. The molecule has 1 unspecified atom stereocenters. The Labute approximate surface area is 81.0 Å². The molecular formula is C8H12N2O4. The first-order valence-electron chi connectivity index (χ1n) is 4.21. The van der Waals surface area contributed by atoms with Gasteiger partial charge in [-0.3, -0.25) is 4.79 Å². The molecule has 0 aromatic rings. The molecule has 1 amide bonds. The van der Waals surface area contributed by atoms with Crippen molar-refractivity contribution in [2.45, 2.75) is 25.9 Å².